The van der Waals surface area contributed by atoms with Crippen LogP contribution in [0.1, 0.15) is 58.8 Å². The second-order valence-electron chi connectivity index (χ2n) is 8.28. The predicted octanol–water partition coefficient (Wildman–Crippen LogP) is 2.61. The highest BCUT2D eigenvalue weighted by molar-refractivity contribution is 5.79. The van der Waals surface area contributed by atoms with Gasteiger partial charge in [0, 0.05) is 25.7 Å². The summed E-state index contributed by atoms with van der Waals surface area (Å²) in [6.45, 7) is 9.26. The second-order valence-corrected chi connectivity index (χ2v) is 8.28. The summed E-state index contributed by atoms with van der Waals surface area (Å²) in [4.78, 5) is 7.05. The Labute approximate surface area is 136 Å². The van der Waals surface area contributed by atoms with Crippen molar-refractivity contribution >= 4 is 5.96 Å². The zero-order valence-corrected chi connectivity index (χ0v) is 14.7. The van der Waals surface area contributed by atoms with Crippen molar-refractivity contribution in [2.24, 2.45) is 16.3 Å². The van der Waals surface area contributed by atoms with E-state index in [0.29, 0.717) is 5.41 Å². The molecule has 0 aromatic carbocycles. The van der Waals surface area contributed by atoms with Crippen molar-refractivity contribution < 1.29 is 0 Å². The molecule has 4 heteroatoms. The van der Waals surface area contributed by atoms with E-state index in [2.05, 4.69) is 34.4 Å². The lowest BCUT2D eigenvalue weighted by atomic mass is 9.98. The van der Waals surface area contributed by atoms with Crippen LogP contribution in [0.2, 0.25) is 0 Å². The second kappa shape index (κ2) is 6.38. The van der Waals surface area contributed by atoms with Gasteiger partial charge in [-0.1, -0.05) is 6.42 Å². The molecule has 2 N–H and O–H groups in total. The van der Waals surface area contributed by atoms with Gasteiger partial charge in [-0.3, -0.25) is 9.89 Å². The van der Waals surface area contributed by atoms with Crippen molar-refractivity contribution in [2.45, 2.75) is 64.3 Å². The molecule has 3 rings (SSSR count). The first-order chi connectivity index (χ1) is 10.6. The van der Waals surface area contributed by atoms with Gasteiger partial charge in [-0.2, -0.15) is 0 Å². The molecular weight excluding hydrogens is 272 g/mol. The number of nitrogens with one attached hydrogen (secondary N) is 2. The van der Waals surface area contributed by atoms with Crippen molar-refractivity contribution in [1.82, 2.24) is 15.5 Å². The molecule has 0 aromatic rings. The first-order valence-electron chi connectivity index (χ1n) is 9.25. The zero-order valence-electron chi connectivity index (χ0n) is 14.7. The van der Waals surface area contributed by atoms with Gasteiger partial charge in [0.05, 0.1) is 0 Å². The fourth-order valence-electron chi connectivity index (χ4n) is 3.98. The summed E-state index contributed by atoms with van der Waals surface area (Å²) in [6.07, 6.45) is 9.83. The van der Waals surface area contributed by atoms with Crippen LogP contribution < -0.4 is 10.6 Å². The van der Waals surface area contributed by atoms with E-state index in [4.69, 9.17) is 0 Å². The number of rotatable bonds is 6. The molecule has 4 nitrogen and oxygen atoms in total. The van der Waals surface area contributed by atoms with Crippen molar-refractivity contribution in [1.29, 1.82) is 0 Å². The van der Waals surface area contributed by atoms with Crippen molar-refractivity contribution in [3.63, 3.8) is 0 Å². The Kier molecular flexibility index (Phi) is 4.67. The van der Waals surface area contributed by atoms with E-state index in [1.807, 2.05) is 7.05 Å². The van der Waals surface area contributed by atoms with Gasteiger partial charge >= 0.3 is 0 Å². The normalized spacial score (nSPS) is 25.9. The quantitative estimate of drug-likeness (QED) is 0.585. The molecule has 0 bridgehead atoms. The summed E-state index contributed by atoms with van der Waals surface area (Å²) in [7, 11) is 1.89. The maximum Gasteiger partial charge on any atom is 0.191 e. The number of aliphatic imine (C=N–C) groups is 1. The molecule has 0 unspecified atom stereocenters. The molecule has 126 valence electrons. The average molecular weight is 306 g/mol. The van der Waals surface area contributed by atoms with E-state index < -0.39 is 0 Å². The Morgan fingerprint density at radius 3 is 2.36 bits per heavy atom. The minimum atomic E-state index is 0.200. The van der Waals surface area contributed by atoms with Crippen molar-refractivity contribution in [2.75, 3.05) is 33.2 Å². The van der Waals surface area contributed by atoms with Gasteiger partial charge < -0.3 is 10.6 Å². The van der Waals surface area contributed by atoms with Crippen LogP contribution in [0, 0.1) is 11.3 Å². The minimum absolute atomic E-state index is 0.200. The molecule has 2 aliphatic carbocycles. The first-order valence-corrected chi connectivity index (χ1v) is 9.25. The Balaban J connectivity index is 1.44. The molecule has 1 heterocycles. The summed E-state index contributed by atoms with van der Waals surface area (Å²) < 4.78 is 0. The summed E-state index contributed by atoms with van der Waals surface area (Å²) in [5, 5.41) is 7.15. The van der Waals surface area contributed by atoms with Crippen LogP contribution in [0.4, 0.5) is 0 Å². The van der Waals surface area contributed by atoms with Crippen LogP contribution >= 0.6 is 0 Å². The fraction of sp³-hybridized carbons (Fsp3) is 0.944. The van der Waals surface area contributed by atoms with Crippen LogP contribution in [-0.4, -0.2) is 49.6 Å². The maximum absolute atomic E-state index is 4.42. The highest BCUT2D eigenvalue weighted by Gasteiger charge is 2.53. The summed E-state index contributed by atoms with van der Waals surface area (Å²) in [6, 6.07) is 0. The SMILES string of the molecule is CN=C(NCC1(C2CC2)CC1)NCC(C)(C)N1CCCCC1. The van der Waals surface area contributed by atoms with Gasteiger partial charge in [-0.15, -0.1) is 0 Å². The third-order valence-electron chi connectivity index (χ3n) is 6.07. The molecule has 3 aliphatic rings. The van der Waals surface area contributed by atoms with E-state index >= 15 is 0 Å². The Morgan fingerprint density at radius 1 is 1.14 bits per heavy atom. The summed E-state index contributed by atoms with van der Waals surface area (Å²) >= 11 is 0. The molecule has 0 radical (unpaired) electrons. The molecular formula is C18H34N4. The number of hydrogen-bond acceptors (Lipinski definition) is 2. The molecule has 1 aliphatic heterocycles. The topological polar surface area (TPSA) is 39.7 Å². The molecule has 0 atom stereocenters. The van der Waals surface area contributed by atoms with E-state index in [1.165, 1.54) is 58.0 Å². The molecule has 0 amide bonds. The molecule has 3 fully saturated rings. The van der Waals surface area contributed by atoms with Crippen LogP contribution in [-0.2, 0) is 0 Å². The predicted molar refractivity (Wildman–Crippen MR) is 93.3 cm³/mol. The smallest absolute Gasteiger partial charge is 0.191 e. The molecule has 1 saturated heterocycles. The zero-order chi connectivity index (χ0) is 15.6. The standard InChI is InChI=1S/C18H34N4/c1-17(2,22-11-5-4-6-12-22)13-20-16(19-3)21-14-18(9-10-18)15-7-8-15/h15H,4-14H2,1-3H3,(H2,19,20,21). The number of guanidine groups is 1. The number of nitrogens with zero attached hydrogens (tertiary/aromatic N) is 2. The Morgan fingerprint density at radius 2 is 1.82 bits per heavy atom. The molecule has 0 spiro atoms. The average Bonchev–Trinajstić information content (AvgIpc) is 3.40. The molecule has 2 saturated carbocycles. The van der Waals surface area contributed by atoms with E-state index in [0.717, 1.165) is 25.0 Å². The van der Waals surface area contributed by atoms with Crippen molar-refractivity contribution in [3.05, 3.63) is 0 Å². The number of likely N-dealkylation sites (tertiary alicyclic amines) is 1. The third-order valence-corrected chi connectivity index (χ3v) is 6.07. The highest BCUT2D eigenvalue weighted by Crippen LogP contribution is 2.60. The Hall–Kier alpha value is -0.770. The van der Waals surface area contributed by atoms with Crippen molar-refractivity contribution in [3.8, 4) is 0 Å². The van der Waals surface area contributed by atoms with Gasteiger partial charge in [-0.05, 0) is 76.8 Å². The van der Waals surface area contributed by atoms with Gasteiger partial charge in [0.15, 0.2) is 5.96 Å². The maximum atomic E-state index is 4.42. The van der Waals surface area contributed by atoms with Crippen LogP contribution in [0.3, 0.4) is 0 Å². The number of hydrogen-bond donors (Lipinski definition) is 2. The van der Waals surface area contributed by atoms with E-state index in [-0.39, 0.29) is 5.54 Å². The monoisotopic (exact) mass is 306 g/mol. The molecule has 22 heavy (non-hydrogen) atoms. The minimum Gasteiger partial charge on any atom is -0.356 e. The lowest BCUT2D eigenvalue weighted by molar-refractivity contribution is 0.0982. The van der Waals surface area contributed by atoms with Gasteiger partial charge in [0.1, 0.15) is 0 Å². The summed E-state index contributed by atoms with van der Waals surface area (Å²) in [5.74, 6) is 1.99. The van der Waals surface area contributed by atoms with E-state index in [9.17, 15) is 0 Å². The van der Waals surface area contributed by atoms with Gasteiger partial charge in [-0.25, -0.2) is 0 Å². The highest BCUT2D eigenvalue weighted by atomic mass is 15.2. The van der Waals surface area contributed by atoms with Crippen LogP contribution in [0.5, 0.6) is 0 Å². The number of piperidine rings is 1. The summed E-state index contributed by atoms with van der Waals surface area (Å²) in [5.41, 5.74) is 0.825. The van der Waals surface area contributed by atoms with Crippen LogP contribution in [0.15, 0.2) is 4.99 Å². The van der Waals surface area contributed by atoms with Crippen LogP contribution in [0.25, 0.3) is 0 Å². The first kappa shape index (κ1) is 16.1. The fourth-order valence-corrected chi connectivity index (χ4v) is 3.98. The lowest BCUT2D eigenvalue weighted by Gasteiger charge is -2.41. The Bertz CT molecular complexity index is 401. The largest absolute Gasteiger partial charge is 0.356 e. The van der Waals surface area contributed by atoms with E-state index in [1.54, 1.807) is 0 Å². The van der Waals surface area contributed by atoms with Gasteiger partial charge in [0.2, 0.25) is 0 Å². The van der Waals surface area contributed by atoms with Gasteiger partial charge in [0.25, 0.3) is 0 Å². The third kappa shape index (κ3) is 3.76. The lowest BCUT2D eigenvalue weighted by Crippen LogP contribution is -2.55. The molecule has 0 aromatic heterocycles.